The fourth-order valence-corrected chi connectivity index (χ4v) is 4.28. The molecule has 1 aliphatic carbocycles. The van der Waals surface area contributed by atoms with Crippen LogP contribution < -0.4 is 10.6 Å². The maximum atomic E-state index is 12.2. The number of amides is 2. The van der Waals surface area contributed by atoms with Gasteiger partial charge < -0.3 is 10.6 Å². The maximum absolute atomic E-state index is 12.2. The predicted molar refractivity (Wildman–Crippen MR) is 98.8 cm³/mol. The highest BCUT2D eigenvalue weighted by molar-refractivity contribution is 7.17. The Morgan fingerprint density at radius 2 is 2.04 bits per heavy atom. The molecule has 0 atom stereocenters. The minimum absolute atomic E-state index is 0.153. The number of carbonyl (C=O) groups is 2. The summed E-state index contributed by atoms with van der Waals surface area (Å²) in [6.07, 6.45) is 6.01. The van der Waals surface area contributed by atoms with Gasteiger partial charge in [0.25, 0.3) is 5.91 Å². The molecule has 4 nitrogen and oxygen atoms in total. The number of thiophene rings is 1. The molecule has 1 aliphatic rings. The van der Waals surface area contributed by atoms with Gasteiger partial charge in [0.05, 0.1) is 5.56 Å². The zero-order chi connectivity index (χ0) is 17.1. The van der Waals surface area contributed by atoms with Crippen molar-refractivity contribution in [3.05, 3.63) is 56.9 Å². The number of hydrogen-bond donors (Lipinski definition) is 2. The molecule has 0 spiro atoms. The van der Waals surface area contributed by atoms with Crippen molar-refractivity contribution in [3.63, 3.8) is 0 Å². The Morgan fingerprint density at radius 3 is 2.79 bits per heavy atom. The van der Waals surface area contributed by atoms with Gasteiger partial charge in [-0.25, -0.2) is 0 Å². The van der Waals surface area contributed by atoms with Crippen molar-refractivity contribution in [2.24, 2.45) is 0 Å². The first-order valence-electron chi connectivity index (χ1n) is 7.70. The number of anilines is 1. The summed E-state index contributed by atoms with van der Waals surface area (Å²) in [4.78, 5) is 25.6. The third-order valence-corrected chi connectivity index (χ3v) is 5.48. The average molecular weight is 361 g/mol. The molecular weight excluding hydrogens is 344 g/mol. The molecule has 1 heterocycles. The number of hydrogen-bond acceptors (Lipinski definition) is 3. The molecule has 2 N–H and O–H groups in total. The van der Waals surface area contributed by atoms with Crippen LogP contribution >= 0.6 is 22.9 Å². The molecule has 2 aromatic rings. The van der Waals surface area contributed by atoms with E-state index >= 15 is 0 Å². The molecule has 24 heavy (non-hydrogen) atoms. The van der Waals surface area contributed by atoms with Gasteiger partial charge in [-0.05, 0) is 42.5 Å². The van der Waals surface area contributed by atoms with Crippen LogP contribution in [0.3, 0.4) is 0 Å². The predicted octanol–water partition coefficient (Wildman–Crippen LogP) is 3.90. The maximum Gasteiger partial charge on any atom is 0.254 e. The number of rotatable bonds is 4. The normalized spacial score (nSPS) is 13.1. The minimum atomic E-state index is -0.278. The molecule has 0 saturated heterocycles. The number of benzene rings is 1. The van der Waals surface area contributed by atoms with E-state index in [-0.39, 0.29) is 11.8 Å². The van der Waals surface area contributed by atoms with E-state index in [1.807, 2.05) is 18.2 Å². The molecule has 1 aromatic carbocycles. The SMILES string of the molecule is CNC(=O)c1c(NC(=O)/C=C/c2ccccc2Cl)sc2c1CCC2. The summed E-state index contributed by atoms with van der Waals surface area (Å²) >= 11 is 7.56. The highest BCUT2D eigenvalue weighted by Crippen LogP contribution is 2.39. The first-order valence-corrected chi connectivity index (χ1v) is 8.90. The number of fused-ring (bicyclic) bond motifs is 1. The number of nitrogens with one attached hydrogen (secondary N) is 2. The standard InChI is InChI=1S/C18H17ClN2O2S/c1-20-17(23)16-12-6-4-8-14(12)24-18(16)21-15(22)10-9-11-5-2-3-7-13(11)19/h2-3,5,7,9-10H,4,6,8H2,1H3,(H,20,23)(H,21,22)/b10-9+. The summed E-state index contributed by atoms with van der Waals surface area (Å²) in [6, 6.07) is 7.30. The largest absolute Gasteiger partial charge is 0.355 e. The van der Waals surface area contributed by atoms with Crippen LogP contribution in [-0.2, 0) is 17.6 Å². The highest BCUT2D eigenvalue weighted by Gasteiger charge is 2.26. The van der Waals surface area contributed by atoms with E-state index < -0.39 is 0 Å². The van der Waals surface area contributed by atoms with Crippen molar-refractivity contribution in [1.82, 2.24) is 5.32 Å². The first kappa shape index (κ1) is 16.7. The fourth-order valence-electron chi connectivity index (χ4n) is 2.79. The van der Waals surface area contributed by atoms with Crippen LogP contribution in [-0.4, -0.2) is 18.9 Å². The molecule has 2 amide bonds. The fraction of sp³-hybridized carbons (Fsp3) is 0.222. The van der Waals surface area contributed by atoms with Gasteiger partial charge in [-0.1, -0.05) is 29.8 Å². The van der Waals surface area contributed by atoms with Gasteiger partial charge in [0.2, 0.25) is 5.91 Å². The van der Waals surface area contributed by atoms with Gasteiger partial charge in [-0.3, -0.25) is 9.59 Å². The molecule has 0 fully saturated rings. The lowest BCUT2D eigenvalue weighted by molar-refractivity contribution is -0.111. The zero-order valence-corrected chi connectivity index (χ0v) is 14.8. The zero-order valence-electron chi connectivity index (χ0n) is 13.2. The lowest BCUT2D eigenvalue weighted by Crippen LogP contribution is -2.21. The topological polar surface area (TPSA) is 58.2 Å². The van der Waals surface area contributed by atoms with Crippen molar-refractivity contribution in [2.75, 3.05) is 12.4 Å². The van der Waals surface area contributed by atoms with Crippen LogP contribution in [0.15, 0.2) is 30.3 Å². The Morgan fingerprint density at radius 1 is 1.25 bits per heavy atom. The van der Waals surface area contributed by atoms with Crippen molar-refractivity contribution in [2.45, 2.75) is 19.3 Å². The summed E-state index contributed by atoms with van der Waals surface area (Å²) in [5, 5.41) is 6.70. The van der Waals surface area contributed by atoms with Crippen LogP contribution in [0.5, 0.6) is 0 Å². The molecule has 0 radical (unpaired) electrons. The van der Waals surface area contributed by atoms with Crippen molar-refractivity contribution in [1.29, 1.82) is 0 Å². The lowest BCUT2D eigenvalue weighted by Gasteiger charge is -2.05. The molecule has 0 bridgehead atoms. The Labute approximate surface area is 149 Å². The van der Waals surface area contributed by atoms with Gasteiger partial charge in [-0.15, -0.1) is 11.3 Å². The van der Waals surface area contributed by atoms with E-state index in [2.05, 4.69) is 10.6 Å². The third-order valence-electron chi connectivity index (χ3n) is 3.93. The van der Waals surface area contributed by atoms with Crippen LogP contribution in [0, 0.1) is 0 Å². The van der Waals surface area contributed by atoms with E-state index in [4.69, 9.17) is 11.6 Å². The van der Waals surface area contributed by atoms with Gasteiger partial charge >= 0.3 is 0 Å². The van der Waals surface area contributed by atoms with Crippen LogP contribution in [0.4, 0.5) is 5.00 Å². The van der Waals surface area contributed by atoms with Gasteiger partial charge in [0.15, 0.2) is 0 Å². The quantitative estimate of drug-likeness (QED) is 0.812. The van der Waals surface area contributed by atoms with Crippen molar-refractivity contribution >= 4 is 45.8 Å². The molecule has 0 aliphatic heterocycles. The average Bonchev–Trinajstić information content (AvgIpc) is 3.14. The Bertz CT molecular complexity index is 826. The molecule has 1 aromatic heterocycles. The molecule has 0 saturated carbocycles. The van der Waals surface area contributed by atoms with Crippen molar-refractivity contribution < 1.29 is 9.59 Å². The van der Waals surface area contributed by atoms with Gasteiger partial charge in [-0.2, -0.15) is 0 Å². The molecule has 0 unspecified atom stereocenters. The second-order valence-corrected chi connectivity index (χ2v) is 7.00. The third kappa shape index (κ3) is 3.37. The number of carbonyl (C=O) groups excluding carboxylic acids is 2. The van der Waals surface area contributed by atoms with E-state index in [1.54, 1.807) is 19.2 Å². The smallest absolute Gasteiger partial charge is 0.254 e. The molecule has 124 valence electrons. The summed E-state index contributed by atoms with van der Waals surface area (Å²) in [7, 11) is 1.60. The van der Waals surface area contributed by atoms with Crippen molar-refractivity contribution in [3.8, 4) is 0 Å². The molecular formula is C18H17ClN2O2S. The molecule has 3 rings (SSSR count). The van der Waals surface area contributed by atoms with E-state index in [9.17, 15) is 9.59 Å². The highest BCUT2D eigenvalue weighted by atomic mass is 35.5. The summed E-state index contributed by atoms with van der Waals surface area (Å²) < 4.78 is 0. The lowest BCUT2D eigenvalue weighted by atomic mass is 10.1. The first-order chi connectivity index (χ1) is 11.6. The molecule has 6 heteroatoms. The Hall–Kier alpha value is -2.11. The van der Waals surface area contributed by atoms with E-state index in [0.717, 1.165) is 30.4 Å². The van der Waals surface area contributed by atoms with Gasteiger partial charge in [0.1, 0.15) is 5.00 Å². The summed E-state index contributed by atoms with van der Waals surface area (Å²) in [6.45, 7) is 0. The minimum Gasteiger partial charge on any atom is -0.355 e. The Kier molecular flexibility index (Phi) is 5.02. The van der Waals surface area contributed by atoms with E-state index in [0.29, 0.717) is 15.6 Å². The summed E-state index contributed by atoms with van der Waals surface area (Å²) in [5.74, 6) is -0.431. The number of halogens is 1. The second kappa shape index (κ2) is 7.20. The number of aryl methyl sites for hydroxylation is 1. The van der Waals surface area contributed by atoms with Crippen LogP contribution in [0.2, 0.25) is 5.02 Å². The monoisotopic (exact) mass is 360 g/mol. The Balaban J connectivity index is 1.80. The second-order valence-electron chi connectivity index (χ2n) is 5.48. The van der Waals surface area contributed by atoms with Crippen LogP contribution in [0.1, 0.15) is 32.8 Å². The summed E-state index contributed by atoms with van der Waals surface area (Å²) in [5.41, 5.74) is 2.45. The van der Waals surface area contributed by atoms with E-state index in [1.165, 1.54) is 22.3 Å². The van der Waals surface area contributed by atoms with Gasteiger partial charge in [0, 0.05) is 23.0 Å². The van der Waals surface area contributed by atoms with Crippen LogP contribution in [0.25, 0.3) is 6.08 Å².